The van der Waals surface area contributed by atoms with Gasteiger partial charge in [0.05, 0.1) is 0 Å². The molecule has 3 aliphatic carbocycles. The van der Waals surface area contributed by atoms with Gasteiger partial charge in [0.25, 0.3) is 0 Å². The minimum Gasteiger partial charge on any atom is -0.508 e. The van der Waals surface area contributed by atoms with E-state index in [0.717, 1.165) is 170 Å². The number of aryl methyl sites for hydroxylation is 3. The highest BCUT2D eigenvalue weighted by Crippen LogP contribution is 2.50. The average Bonchev–Trinajstić information content (AvgIpc) is 0.779. The molecule has 3 N–H and O–H groups in total. The molecule has 105 heavy (non-hydrogen) atoms. The van der Waals surface area contributed by atoms with Gasteiger partial charge in [-0.05, 0) is 216 Å². The molecule has 3 fully saturated rings. The number of ether oxygens (including phenoxy) is 6. The third kappa shape index (κ3) is 18.2. The van der Waals surface area contributed by atoms with Crippen molar-refractivity contribution >= 4 is 17.8 Å². The molecule has 3 saturated heterocycles. The molecule has 0 saturated carbocycles. The first-order chi connectivity index (χ1) is 51.5. The monoisotopic (exact) mass is 1420 g/mol. The molecule has 18 nitrogen and oxygen atoms in total. The van der Waals surface area contributed by atoms with Crippen LogP contribution in [0.3, 0.4) is 0 Å². The molecule has 6 heterocycles. The summed E-state index contributed by atoms with van der Waals surface area (Å²) in [6.07, 6.45) is 27.0. The van der Waals surface area contributed by atoms with E-state index < -0.39 is 0 Å². The van der Waals surface area contributed by atoms with Crippen LogP contribution in [0.4, 0.5) is 17.8 Å². The lowest BCUT2D eigenvalue weighted by atomic mass is 9.70. The molecule has 1 unspecified atom stereocenters. The molecule has 6 aromatic carbocycles. The number of aromatic hydroxyl groups is 3. The Kier molecular flexibility index (Phi) is 25.5. The lowest BCUT2D eigenvalue weighted by Crippen LogP contribution is -2.36. The third-order valence-corrected chi connectivity index (χ3v) is 23.3. The van der Waals surface area contributed by atoms with Crippen molar-refractivity contribution in [2.75, 3.05) is 96.6 Å². The van der Waals surface area contributed by atoms with Crippen LogP contribution < -0.4 is 14.7 Å². The number of piperidine rings is 3. The largest absolute Gasteiger partial charge is 0.508 e. The fraction of sp³-hybridized carbons (Fsp3) is 0.448. The van der Waals surface area contributed by atoms with Gasteiger partial charge in [0.15, 0.2) is 18.9 Å². The van der Waals surface area contributed by atoms with Gasteiger partial charge in [-0.15, -0.1) is 0 Å². The molecule has 552 valence electrons. The van der Waals surface area contributed by atoms with Crippen molar-refractivity contribution in [2.45, 2.75) is 151 Å². The van der Waals surface area contributed by atoms with Gasteiger partial charge in [0.1, 0.15) is 17.2 Å². The van der Waals surface area contributed by atoms with E-state index in [1.54, 1.807) is 60.9 Å². The van der Waals surface area contributed by atoms with Crippen LogP contribution in [0, 0.1) is 17.8 Å². The van der Waals surface area contributed by atoms with Gasteiger partial charge in [-0.1, -0.05) is 109 Å². The van der Waals surface area contributed by atoms with E-state index in [4.69, 9.17) is 58.3 Å². The predicted octanol–water partition coefficient (Wildman–Crippen LogP) is 15.8. The highest BCUT2D eigenvalue weighted by molar-refractivity contribution is 5.51. The number of methoxy groups -OCH3 is 6. The highest BCUT2D eigenvalue weighted by Gasteiger charge is 2.37. The maximum absolute atomic E-state index is 10.1. The lowest BCUT2D eigenvalue weighted by Gasteiger charge is -2.35. The minimum atomic E-state index is -0.125. The third-order valence-electron chi connectivity index (χ3n) is 23.3. The van der Waals surface area contributed by atoms with Crippen molar-refractivity contribution in [3.8, 4) is 17.2 Å². The maximum Gasteiger partial charge on any atom is 0.225 e. The van der Waals surface area contributed by atoms with Crippen LogP contribution in [-0.4, -0.2) is 146 Å². The predicted molar refractivity (Wildman–Crippen MR) is 411 cm³/mol. The van der Waals surface area contributed by atoms with Gasteiger partial charge in [-0.2, -0.15) is 0 Å². The van der Waals surface area contributed by atoms with E-state index in [1.807, 2.05) is 55.4 Å². The Balaban J connectivity index is 0.000000140. The quantitative estimate of drug-likeness (QED) is 0.0573. The summed E-state index contributed by atoms with van der Waals surface area (Å²) in [4.78, 5) is 35.8. The fourth-order valence-electron chi connectivity index (χ4n) is 17.6. The highest BCUT2D eigenvalue weighted by atomic mass is 16.7. The summed E-state index contributed by atoms with van der Waals surface area (Å²) in [5.41, 5.74) is 14.9. The Labute approximate surface area is 620 Å². The molecule has 6 atom stereocenters. The molecule has 0 spiro atoms. The summed E-state index contributed by atoms with van der Waals surface area (Å²) < 4.78 is 32.3. The summed E-state index contributed by atoms with van der Waals surface area (Å²) in [6.45, 7) is 5.68. The van der Waals surface area contributed by atoms with Crippen LogP contribution in [0.25, 0.3) is 0 Å². The number of rotatable bonds is 21. The number of phenols is 3. The average molecular weight is 1420 g/mol. The second-order valence-corrected chi connectivity index (χ2v) is 29.4. The second-order valence-electron chi connectivity index (χ2n) is 29.4. The number of nitrogens with zero attached hydrogens (tertiary/aromatic N) is 9. The fourth-order valence-corrected chi connectivity index (χ4v) is 17.6. The van der Waals surface area contributed by atoms with Gasteiger partial charge in [0, 0.05) is 156 Å². The van der Waals surface area contributed by atoms with Gasteiger partial charge < -0.3 is 58.4 Å². The Hall–Kier alpha value is -8.88. The molecule has 0 radical (unpaired) electrons. The van der Waals surface area contributed by atoms with Gasteiger partial charge in [-0.25, -0.2) is 29.9 Å². The summed E-state index contributed by atoms with van der Waals surface area (Å²) >= 11 is 0. The summed E-state index contributed by atoms with van der Waals surface area (Å²) in [7, 11) is 10.2. The Morgan fingerprint density at radius 2 is 0.552 bits per heavy atom. The van der Waals surface area contributed by atoms with Crippen molar-refractivity contribution in [2.24, 2.45) is 17.8 Å². The molecule has 18 heteroatoms. The molecule has 6 aliphatic rings. The van der Waals surface area contributed by atoms with Crippen molar-refractivity contribution in [3.63, 3.8) is 0 Å². The van der Waals surface area contributed by atoms with Crippen LogP contribution in [0.15, 0.2) is 183 Å². The zero-order chi connectivity index (χ0) is 72.6. The lowest BCUT2D eigenvalue weighted by molar-refractivity contribution is -0.115. The van der Waals surface area contributed by atoms with E-state index >= 15 is 0 Å². The Bertz CT molecular complexity index is 3710. The molecular formula is C87H105N9O9. The number of aromatic nitrogens is 6. The van der Waals surface area contributed by atoms with E-state index in [9.17, 15) is 15.3 Å². The Morgan fingerprint density at radius 1 is 0.314 bits per heavy atom. The first-order valence-corrected chi connectivity index (χ1v) is 38.0. The van der Waals surface area contributed by atoms with E-state index in [1.165, 1.54) is 50.1 Å². The van der Waals surface area contributed by atoms with Crippen LogP contribution in [-0.2, 0) is 47.7 Å². The zero-order valence-corrected chi connectivity index (χ0v) is 61.9. The van der Waals surface area contributed by atoms with Crippen molar-refractivity contribution < 1.29 is 43.7 Å². The first-order valence-electron chi connectivity index (χ1n) is 38.0. The maximum atomic E-state index is 10.1. The van der Waals surface area contributed by atoms with Crippen molar-refractivity contribution in [3.05, 3.63) is 250 Å². The molecular weight excluding hydrogens is 1320 g/mol. The number of fused-ring (bicyclic) bond motifs is 3. The molecule has 3 aromatic heterocycles. The van der Waals surface area contributed by atoms with Gasteiger partial charge in [-0.3, -0.25) is 0 Å². The summed E-state index contributed by atoms with van der Waals surface area (Å²) in [5, 5.41) is 30.2. The zero-order valence-electron chi connectivity index (χ0n) is 61.9. The number of hydrogen-bond acceptors (Lipinski definition) is 18. The van der Waals surface area contributed by atoms with Crippen LogP contribution in [0.2, 0.25) is 0 Å². The molecule has 15 rings (SSSR count). The topological polar surface area (TPSA) is 203 Å². The van der Waals surface area contributed by atoms with Gasteiger partial charge >= 0.3 is 0 Å². The molecule has 3 aliphatic heterocycles. The van der Waals surface area contributed by atoms with E-state index in [2.05, 4.69) is 124 Å². The SMILES string of the molecule is COC(CC1CCN(c2ncc(C3c4ccc(O)cc4CC[C@@H]3c3ccccc3)cn2)CC1)OC.COC(CC1CCN(c2ncc([C@@H]3c4ccc(O)cc4CC[C@@H]3c3ccccc3)cn2)CC1)OC.COC(CC1CCN(c2ncc([C@H]3c4ccc(O)cc4CC[C@H]3c3ccccc3)cn2)CC1)OC. The first kappa shape index (κ1) is 74.4. The molecule has 9 aromatic rings. The molecule has 0 amide bonds. The number of hydrogen-bond donors (Lipinski definition) is 3. The van der Waals surface area contributed by atoms with E-state index in [0.29, 0.717) is 52.8 Å². The summed E-state index contributed by atoms with van der Waals surface area (Å²) in [6, 6.07) is 49.6. The van der Waals surface area contributed by atoms with E-state index in [-0.39, 0.29) is 36.6 Å². The van der Waals surface area contributed by atoms with Crippen LogP contribution in [0.5, 0.6) is 17.2 Å². The van der Waals surface area contributed by atoms with Crippen molar-refractivity contribution in [1.29, 1.82) is 0 Å². The summed E-state index contributed by atoms with van der Waals surface area (Å²) in [5.74, 6) is 6.76. The van der Waals surface area contributed by atoms with Crippen LogP contribution >= 0.6 is 0 Å². The number of benzene rings is 6. The second kappa shape index (κ2) is 35.9. The normalized spacial score (nSPS) is 20.7. The van der Waals surface area contributed by atoms with Crippen LogP contribution in [0.1, 0.15) is 179 Å². The Morgan fingerprint density at radius 3 is 0.781 bits per heavy atom. The van der Waals surface area contributed by atoms with Crippen molar-refractivity contribution in [1.82, 2.24) is 29.9 Å². The van der Waals surface area contributed by atoms with Gasteiger partial charge in [0.2, 0.25) is 17.8 Å². The minimum absolute atomic E-state index is 0.125. The standard InChI is InChI=1S/3C29H35N3O3/c3*1-34-27(35-2)16-20-12-14-32(15-13-20)29-30-18-23(19-31-29)28-25(21-6-4-3-5-7-21)10-8-22-17-24(33)9-11-26(22)28/h3*3-7,9,11,17-20,25,27-28,33H,8,10,12-16H2,1-2H3/t25-,28?;2*25-,28+/m110/s1. The number of phenolic OH excluding ortho intramolecular Hbond substituents is 3. The molecule has 0 bridgehead atoms. The smallest absolute Gasteiger partial charge is 0.225 e. The number of anilines is 3.